The van der Waals surface area contributed by atoms with Crippen molar-refractivity contribution in [1.29, 1.82) is 0 Å². The Labute approximate surface area is 138 Å². The zero-order chi connectivity index (χ0) is 16.6. The van der Waals surface area contributed by atoms with Crippen molar-refractivity contribution >= 4 is 23.2 Å². The zero-order valence-corrected chi connectivity index (χ0v) is 13.6. The van der Waals surface area contributed by atoms with E-state index in [1.807, 2.05) is 31.2 Å². The van der Waals surface area contributed by atoms with Crippen molar-refractivity contribution in [2.75, 3.05) is 0 Å². The molecule has 0 aliphatic carbocycles. The van der Waals surface area contributed by atoms with E-state index in [1.54, 1.807) is 4.52 Å². The molecule has 0 unspecified atom stereocenters. The minimum absolute atomic E-state index is 0.109. The van der Waals surface area contributed by atoms with Crippen molar-refractivity contribution in [3.8, 4) is 11.3 Å². The lowest BCUT2D eigenvalue weighted by Crippen LogP contribution is -2.08. The summed E-state index contributed by atoms with van der Waals surface area (Å²) in [7, 11) is 0. The second-order valence-electron chi connectivity index (χ2n) is 5.20. The predicted octanol–water partition coefficient (Wildman–Crippen LogP) is 3.87. The van der Waals surface area contributed by atoms with Gasteiger partial charge in [0, 0.05) is 16.3 Å². The van der Waals surface area contributed by atoms with Crippen molar-refractivity contribution in [3.63, 3.8) is 0 Å². The van der Waals surface area contributed by atoms with Crippen molar-refractivity contribution in [2.24, 2.45) is 0 Å². The molecule has 1 aromatic carbocycles. The van der Waals surface area contributed by atoms with Gasteiger partial charge < -0.3 is 5.11 Å². The van der Waals surface area contributed by atoms with E-state index >= 15 is 0 Å². The Morgan fingerprint density at radius 2 is 1.91 bits per heavy atom. The molecule has 0 saturated carbocycles. The number of hydrogen-bond acceptors (Lipinski definition) is 3. The second-order valence-corrected chi connectivity index (χ2v) is 5.63. The molecule has 5 nitrogen and oxygen atoms in total. The number of rotatable bonds is 4. The molecule has 2 heterocycles. The third-order valence-corrected chi connectivity index (χ3v) is 4.14. The maximum absolute atomic E-state index is 11.4. The van der Waals surface area contributed by atoms with Crippen LogP contribution in [0.15, 0.2) is 30.5 Å². The first-order valence-electron chi connectivity index (χ1n) is 7.45. The summed E-state index contributed by atoms with van der Waals surface area (Å²) >= 11 is 5.96. The summed E-state index contributed by atoms with van der Waals surface area (Å²) in [6.45, 7) is 4.09. The van der Waals surface area contributed by atoms with E-state index in [0.29, 0.717) is 10.7 Å². The van der Waals surface area contributed by atoms with E-state index in [0.717, 1.165) is 35.4 Å². The normalized spacial score (nSPS) is 11.1. The van der Waals surface area contributed by atoms with Crippen LogP contribution in [0.25, 0.3) is 16.9 Å². The number of nitrogens with zero attached hydrogens (tertiary/aromatic N) is 3. The first-order chi connectivity index (χ1) is 11.1. The molecule has 0 radical (unpaired) electrons. The number of carboxylic acid groups (broad SMARTS) is 1. The number of aromatic nitrogens is 3. The quantitative estimate of drug-likeness (QED) is 0.789. The Kier molecular flexibility index (Phi) is 4.05. The number of benzene rings is 1. The maximum atomic E-state index is 11.4. The number of aryl methyl sites for hydroxylation is 1. The summed E-state index contributed by atoms with van der Waals surface area (Å²) in [6.07, 6.45) is 2.88. The van der Waals surface area contributed by atoms with Crippen LogP contribution in [-0.2, 0) is 12.8 Å². The van der Waals surface area contributed by atoms with Gasteiger partial charge >= 0.3 is 5.97 Å². The molecular formula is C17H16ClN3O2. The van der Waals surface area contributed by atoms with Gasteiger partial charge in [-0.25, -0.2) is 14.3 Å². The monoisotopic (exact) mass is 329 g/mol. The Hall–Kier alpha value is -2.40. The largest absolute Gasteiger partial charge is 0.477 e. The first-order valence-corrected chi connectivity index (χ1v) is 7.83. The smallest absolute Gasteiger partial charge is 0.341 e. The molecular weight excluding hydrogens is 314 g/mol. The second kappa shape index (κ2) is 6.01. The average molecular weight is 330 g/mol. The summed E-state index contributed by atoms with van der Waals surface area (Å²) < 4.78 is 1.64. The highest BCUT2D eigenvalue weighted by Crippen LogP contribution is 2.28. The SMILES string of the molecule is CCc1c(-c2ccc(Cl)cc2)nc2c(C(=O)O)cnn2c1CC. The lowest BCUT2D eigenvalue weighted by molar-refractivity contribution is 0.0699. The standard InChI is InChI=1S/C17H16ClN3O2/c1-3-12-14(4-2)21-16(13(9-19-21)17(22)23)20-15(12)10-5-7-11(18)8-6-10/h5-9H,3-4H2,1-2H3,(H,22,23). The van der Waals surface area contributed by atoms with Gasteiger partial charge in [0.05, 0.1) is 11.9 Å². The number of carboxylic acids is 1. The number of hydrogen-bond donors (Lipinski definition) is 1. The molecule has 0 aliphatic rings. The third kappa shape index (κ3) is 2.57. The highest BCUT2D eigenvalue weighted by Gasteiger charge is 2.20. The Balaban J connectivity index is 2.37. The molecule has 0 spiro atoms. The predicted molar refractivity (Wildman–Crippen MR) is 89.1 cm³/mol. The van der Waals surface area contributed by atoms with E-state index < -0.39 is 5.97 Å². The Morgan fingerprint density at radius 3 is 2.48 bits per heavy atom. The molecule has 1 N–H and O–H groups in total. The van der Waals surface area contributed by atoms with Gasteiger partial charge in [0.1, 0.15) is 5.56 Å². The molecule has 0 amide bonds. The van der Waals surface area contributed by atoms with Crippen LogP contribution in [0.3, 0.4) is 0 Å². The van der Waals surface area contributed by atoms with E-state index in [9.17, 15) is 9.90 Å². The number of halogens is 1. The van der Waals surface area contributed by atoms with E-state index in [4.69, 9.17) is 11.6 Å². The number of fused-ring (bicyclic) bond motifs is 1. The van der Waals surface area contributed by atoms with Gasteiger partial charge in [-0.2, -0.15) is 5.10 Å². The maximum Gasteiger partial charge on any atom is 0.341 e. The van der Waals surface area contributed by atoms with Crippen LogP contribution in [0.4, 0.5) is 0 Å². The fourth-order valence-corrected chi connectivity index (χ4v) is 2.94. The molecule has 0 fully saturated rings. The van der Waals surface area contributed by atoms with Crippen LogP contribution < -0.4 is 0 Å². The molecule has 0 bridgehead atoms. The zero-order valence-electron chi connectivity index (χ0n) is 12.9. The van der Waals surface area contributed by atoms with Crippen LogP contribution in [-0.4, -0.2) is 25.7 Å². The van der Waals surface area contributed by atoms with Crippen molar-refractivity contribution in [1.82, 2.24) is 14.6 Å². The first kappa shape index (κ1) is 15.5. The van der Waals surface area contributed by atoms with Crippen molar-refractivity contribution in [3.05, 3.63) is 52.3 Å². The Morgan fingerprint density at radius 1 is 1.22 bits per heavy atom. The molecule has 3 aromatic rings. The minimum Gasteiger partial charge on any atom is -0.477 e. The van der Waals surface area contributed by atoms with Crippen LogP contribution in [0.5, 0.6) is 0 Å². The summed E-state index contributed by atoms with van der Waals surface area (Å²) in [5, 5.41) is 14.2. The summed E-state index contributed by atoms with van der Waals surface area (Å²) in [6, 6.07) is 7.41. The van der Waals surface area contributed by atoms with Gasteiger partial charge in [0.15, 0.2) is 5.65 Å². The van der Waals surface area contributed by atoms with Crippen LogP contribution >= 0.6 is 11.6 Å². The average Bonchev–Trinajstić information content (AvgIpc) is 2.97. The van der Waals surface area contributed by atoms with Crippen LogP contribution in [0.2, 0.25) is 5.02 Å². The molecule has 23 heavy (non-hydrogen) atoms. The topological polar surface area (TPSA) is 67.5 Å². The van der Waals surface area contributed by atoms with Gasteiger partial charge in [-0.3, -0.25) is 0 Å². The van der Waals surface area contributed by atoms with E-state index in [1.165, 1.54) is 6.20 Å². The lowest BCUT2D eigenvalue weighted by Gasteiger charge is -2.14. The fraction of sp³-hybridized carbons (Fsp3) is 0.235. The van der Waals surface area contributed by atoms with Crippen LogP contribution in [0.1, 0.15) is 35.5 Å². The minimum atomic E-state index is -1.03. The molecule has 0 saturated heterocycles. The van der Waals surface area contributed by atoms with Crippen LogP contribution in [0, 0.1) is 0 Å². The molecule has 6 heteroatoms. The highest BCUT2D eigenvalue weighted by molar-refractivity contribution is 6.30. The van der Waals surface area contributed by atoms with E-state index in [-0.39, 0.29) is 5.56 Å². The molecule has 118 valence electrons. The number of carbonyl (C=O) groups is 1. The van der Waals surface area contributed by atoms with Gasteiger partial charge in [-0.15, -0.1) is 0 Å². The lowest BCUT2D eigenvalue weighted by atomic mass is 10.0. The van der Waals surface area contributed by atoms with E-state index in [2.05, 4.69) is 17.0 Å². The van der Waals surface area contributed by atoms with Gasteiger partial charge in [-0.05, 0) is 30.5 Å². The molecule has 0 aliphatic heterocycles. The summed E-state index contributed by atoms with van der Waals surface area (Å²) in [5.74, 6) is -1.03. The third-order valence-electron chi connectivity index (χ3n) is 3.89. The highest BCUT2D eigenvalue weighted by atomic mass is 35.5. The fourth-order valence-electron chi connectivity index (χ4n) is 2.82. The van der Waals surface area contributed by atoms with Crippen molar-refractivity contribution < 1.29 is 9.90 Å². The Bertz CT molecular complexity index is 885. The van der Waals surface area contributed by atoms with Gasteiger partial charge in [0.25, 0.3) is 0 Å². The summed E-state index contributed by atoms with van der Waals surface area (Å²) in [5.41, 5.74) is 4.24. The summed E-state index contributed by atoms with van der Waals surface area (Å²) in [4.78, 5) is 16.0. The molecule has 0 atom stereocenters. The molecule has 2 aromatic heterocycles. The molecule has 3 rings (SSSR count). The van der Waals surface area contributed by atoms with Gasteiger partial charge in [-0.1, -0.05) is 37.6 Å². The van der Waals surface area contributed by atoms with Gasteiger partial charge in [0.2, 0.25) is 0 Å². The number of aromatic carboxylic acids is 1. The van der Waals surface area contributed by atoms with Crippen molar-refractivity contribution in [2.45, 2.75) is 26.7 Å².